The Morgan fingerprint density at radius 2 is 2.25 bits per heavy atom. The van der Waals surface area contributed by atoms with Crippen LogP contribution in [0.25, 0.3) is 11.0 Å². The van der Waals surface area contributed by atoms with Gasteiger partial charge in [0.2, 0.25) is 0 Å². The number of rotatable bonds is 0. The molecule has 1 heterocycles. The van der Waals surface area contributed by atoms with E-state index >= 15 is 0 Å². The van der Waals surface area contributed by atoms with Gasteiger partial charge in [-0.25, -0.2) is 4.98 Å². The van der Waals surface area contributed by atoms with Crippen molar-refractivity contribution in [3.63, 3.8) is 0 Å². The predicted octanol–water partition coefficient (Wildman–Crippen LogP) is 2.11. The van der Waals surface area contributed by atoms with Crippen LogP contribution in [0.1, 0.15) is 5.82 Å². The number of aromatic nitrogens is 2. The molecule has 3 N–H and O–H groups in total. The fraction of sp³-hybridized carbons (Fsp3) is 0.125. The summed E-state index contributed by atoms with van der Waals surface area (Å²) in [6.45, 7) is 1.89. The van der Waals surface area contributed by atoms with Crippen LogP contribution in [0.15, 0.2) is 12.1 Å². The molecule has 0 unspecified atom stereocenters. The van der Waals surface area contributed by atoms with Gasteiger partial charge in [-0.1, -0.05) is 11.6 Å². The molecule has 0 spiro atoms. The molecular formula is C8H8ClN3. The maximum absolute atomic E-state index is 5.82. The van der Waals surface area contributed by atoms with Crippen LogP contribution in [0, 0.1) is 6.92 Å². The van der Waals surface area contributed by atoms with Crippen molar-refractivity contribution in [1.82, 2.24) is 9.97 Å². The van der Waals surface area contributed by atoms with E-state index in [1.165, 1.54) is 0 Å². The molecular weight excluding hydrogens is 174 g/mol. The first-order valence-corrected chi connectivity index (χ1v) is 3.96. The smallest absolute Gasteiger partial charge is 0.104 e. The molecule has 12 heavy (non-hydrogen) atoms. The standard InChI is InChI=1S/C8H8ClN3/c1-4-11-7-2-5(9)6(10)3-8(7)12-4/h2-3H,10H2,1H3,(H,11,12). The summed E-state index contributed by atoms with van der Waals surface area (Å²) in [7, 11) is 0. The van der Waals surface area contributed by atoms with E-state index in [4.69, 9.17) is 17.3 Å². The van der Waals surface area contributed by atoms with Gasteiger partial charge in [0, 0.05) is 0 Å². The van der Waals surface area contributed by atoms with Crippen molar-refractivity contribution in [3.05, 3.63) is 23.0 Å². The molecule has 0 aliphatic heterocycles. The average Bonchev–Trinajstić information content (AvgIpc) is 2.30. The van der Waals surface area contributed by atoms with Crippen LogP contribution in [0.3, 0.4) is 0 Å². The average molecular weight is 182 g/mol. The summed E-state index contributed by atoms with van der Waals surface area (Å²) in [4.78, 5) is 7.30. The Morgan fingerprint density at radius 3 is 3.00 bits per heavy atom. The zero-order valence-electron chi connectivity index (χ0n) is 6.56. The Morgan fingerprint density at radius 1 is 1.50 bits per heavy atom. The molecule has 62 valence electrons. The Bertz CT molecular complexity index is 394. The van der Waals surface area contributed by atoms with E-state index in [0.717, 1.165) is 16.9 Å². The molecule has 0 saturated carbocycles. The van der Waals surface area contributed by atoms with Crippen LogP contribution in [0.2, 0.25) is 5.02 Å². The maximum atomic E-state index is 5.82. The van der Waals surface area contributed by atoms with Crippen molar-refractivity contribution in [2.45, 2.75) is 6.92 Å². The number of benzene rings is 1. The lowest BCUT2D eigenvalue weighted by Crippen LogP contribution is -1.85. The summed E-state index contributed by atoms with van der Waals surface area (Å²) in [6, 6.07) is 3.55. The molecule has 2 rings (SSSR count). The number of nitrogens with zero attached hydrogens (tertiary/aromatic N) is 1. The second-order valence-electron chi connectivity index (χ2n) is 2.71. The minimum absolute atomic E-state index is 0.561. The number of hydrogen-bond acceptors (Lipinski definition) is 2. The summed E-state index contributed by atoms with van der Waals surface area (Å²) in [5, 5.41) is 0.561. The Hall–Kier alpha value is -1.22. The van der Waals surface area contributed by atoms with Crippen LogP contribution in [0.5, 0.6) is 0 Å². The topological polar surface area (TPSA) is 54.7 Å². The summed E-state index contributed by atoms with van der Waals surface area (Å²) in [6.07, 6.45) is 0. The van der Waals surface area contributed by atoms with E-state index in [1.807, 2.05) is 6.92 Å². The number of imidazole rings is 1. The number of aryl methyl sites for hydroxylation is 1. The van der Waals surface area contributed by atoms with Crippen molar-refractivity contribution < 1.29 is 0 Å². The van der Waals surface area contributed by atoms with Gasteiger partial charge < -0.3 is 10.7 Å². The Balaban J connectivity index is 2.83. The molecule has 4 heteroatoms. The number of fused-ring (bicyclic) bond motifs is 1. The van der Waals surface area contributed by atoms with E-state index in [1.54, 1.807) is 12.1 Å². The van der Waals surface area contributed by atoms with Gasteiger partial charge in [0.05, 0.1) is 21.7 Å². The minimum Gasteiger partial charge on any atom is -0.397 e. The summed E-state index contributed by atoms with van der Waals surface area (Å²) in [5.74, 6) is 0.867. The zero-order valence-corrected chi connectivity index (χ0v) is 7.31. The first-order valence-electron chi connectivity index (χ1n) is 3.58. The number of anilines is 1. The number of nitrogens with one attached hydrogen (secondary N) is 1. The molecule has 0 amide bonds. The predicted molar refractivity (Wildman–Crippen MR) is 50.3 cm³/mol. The number of aromatic amines is 1. The molecule has 2 aromatic rings. The highest BCUT2D eigenvalue weighted by atomic mass is 35.5. The Kier molecular flexibility index (Phi) is 1.48. The van der Waals surface area contributed by atoms with Crippen LogP contribution in [-0.4, -0.2) is 9.97 Å². The molecule has 0 saturated heterocycles. The highest BCUT2D eigenvalue weighted by Crippen LogP contribution is 2.23. The van der Waals surface area contributed by atoms with Crippen molar-refractivity contribution in [3.8, 4) is 0 Å². The van der Waals surface area contributed by atoms with E-state index < -0.39 is 0 Å². The first kappa shape index (κ1) is 7.43. The molecule has 0 atom stereocenters. The first-order chi connectivity index (χ1) is 5.66. The van der Waals surface area contributed by atoms with E-state index in [2.05, 4.69) is 9.97 Å². The number of hydrogen-bond donors (Lipinski definition) is 2. The number of halogens is 1. The molecule has 0 fully saturated rings. The molecule has 1 aromatic carbocycles. The molecule has 3 nitrogen and oxygen atoms in total. The Labute approximate surface area is 74.5 Å². The number of H-pyrrole nitrogens is 1. The third-order valence-corrected chi connectivity index (χ3v) is 2.05. The van der Waals surface area contributed by atoms with Crippen LogP contribution < -0.4 is 5.73 Å². The van der Waals surface area contributed by atoms with E-state index in [0.29, 0.717) is 10.7 Å². The molecule has 1 aromatic heterocycles. The van der Waals surface area contributed by atoms with Crippen LogP contribution in [0.4, 0.5) is 5.69 Å². The number of nitrogen functional groups attached to an aromatic ring is 1. The van der Waals surface area contributed by atoms with E-state index in [9.17, 15) is 0 Å². The van der Waals surface area contributed by atoms with Gasteiger partial charge in [-0.3, -0.25) is 0 Å². The molecule has 0 bridgehead atoms. The van der Waals surface area contributed by atoms with Gasteiger partial charge >= 0.3 is 0 Å². The SMILES string of the molecule is Cc1nc2cc(N)c(Cl)cc2[nH]1. The summed E-state index contributed by atoms with van der Waals surface area (Å²) in [5.41, 5.74) is 7.95. The normalized spacial score (nSPS) is 10.8. The van der Waals surface area contributed by atoms with E-state index in [-0.39, 0.29) is 0 Å². The lowest BCUT2D eigenvalue weighted by Gasteiger charge is -1.95. The second kappa shape index (κ2) is 2.38. The fourth-order valence-electron chi connectivity index (χ4n) is 1.17. The largest absolute Gasteiger partial charge is 0.397 e. The third kappa shape index (κ3) is 1.02. The summed E-state index contributed by atoms with van der Waals surface area (Å²) < 4.78 is 0. The van der Waals surface area contributed by atoms with Crippen molar-refractivity contribution in [2.24, 2.45) is 0 Å². The van der Waals surface area contributed by atoms with Gasteiger partial charge in [-0.15, -0.1) is 0 Å². The number of nitrogens with two attached hydrogens (primary N) is 1. The summed E-state index contributed by atoms with van der Waals surface area (Å²) >= 11 is 5.82. The fourth-order valence-corrected chi connectivity index (χ4v) is 1.34. The van der Waals surface area contributed by atoms with Gasteiger partial charge in [0.15, 0.2) is 0 Å². The van der Waals surface area contributed by atoms with Gasteiger partial charge in [-0.2, -0.15) is 0 Å². The van der Waals surface area contributed by atoms with Crippen molar-refractivity contribution >= 4 is 28.3 Å². The van der Waals surface area contributed by atoms with Crippen LogP contribution in [-0.2, 0) is 0 Å². The minimum atomic E-state index is 0.561. The second-order valence-corrected chi connectivity index (χ2v) is 3.12. The monoisotopic (exact) mass is 181 g/mol. The van der Waals surface area contributed by atoms with Crippen molar-refractivity contribution in [1.29, 1.82) is 0 Å². The molecule has 0 aliphatic carbocycles. The zero-order chi connectivity index (χ0) is 8.72. The van der Waals surface area contributed by atoms with Gasteiger partial charge in [0.1, 0.15) is 5.82 Å². The van der Waals surface area contributed by atoms with Crippen molar-refractivity contribution in [2.75, 3.05) is 5.73 Å². The highest BCUT2D eigenvalue weighted by molar-refractivity contribution is 6.33. The lowest BCUT2D eigenvalue weighted by molar-refractivity contribution is 1.17. The third-order valence-electron chi connectivity index (χ3n) is 1.72. The molecule has 0 radical (unpaired) electrons. The maximum Gasteiger partial charge on any atom is 0.104 e. The van der Waals surface area contributed by atoms with Gasteiger partial charge in [0.25, 0.3) is 0 Å². The highest BCUT2D eigenvalue weighted by Gasteiger charge is 2.02. The molecule has 0 aliphatic rings. The lowest BCUT2D eigenvalue weighted by atomic mass is 10.3. The van der Waals surface area contributed by atoms with Crippen LogP contribution >= 0.6 is 11.6 Å². The quantitative estimate of drug-likeness (QED) is 0.612. The van der Waals surface area contributed by atoms with Gasteiger partial charge in [-0.05, 0) is 19.1 Å².